The van der Waals surface area contributed by atoms with E-state index in [0.29, 0.717) is 29.2 Å². The van der Waals surface area contributed by atoms with Gasteiger partial charge in [0.15, 0.2) is 10.8 Å². The van der Waals surface area contributed by atoms with Gasteiger partial charge in [-0.2, -0.15) is 4.98 Å². The Bertz CT molecular complexity index is 997. The fraction of sp³-hybridized carbons (Fsp3) is 0.421. The van der Waals surface area contributed by atoms with Crippen LogP contribution in [-0.4, -0.2) is 37.9 Å². The molecule has 0 radical (unpaired) electrons. The third-order valence-electron chi connectivity index (χ3n) is 4.11. The smallest absolute Gasteiger partial charge is 1.00 e. The van der Waals surface area contributed by atoms with Crippen molar-refractivity contribution in [3.05, 3.63) is 35.2 Å². The van der Waals surface area contributed by atoms with Crippen LogP contribution in [0.4, 0.5) is 0 Å². The Morgan fingerprint density at radius 1 is 1.29 bits per heavy atom. The van der Waals surface area contributed by atoms with Crippen molar-refractivity contribution in [2.24, 2.45) is 5.92 Å². The minimum absolute atomic E-state index is 0. The molecule has 146 valence electrons. The molecule has 3 heterocycles. The fourth-order valence-electron chi connectivity index (χ4n) is 2.62. The molecule has 0 fully saturated rings. The molecule has 0 aromatic carbocycles. The topological polar surface area (TPSA) is 90.0 Å². The maximum absolute atomic E-state index is 12.8. The molecule has 0 bridgehead atoms. The van der Waals surface area contributed by atoms with Gasteiger partial charge in [0, 0.05) is 17.3 Å². The molecule has 1 N–H and O–H groups in total. The fourth-order valence-corrected chi connectivity index (χ4v) is 3.71. The quantitative estimate of drug-likeness (QED) is 0.567. The van der Waals surface area contributed by atoms with E-state index in [1.165, 1.54) is 0 Å². The van der Waals surface area contributed by atoms with Crippen LogP contribution in [0.5, 0.6) is 11.6 Å². The number of pyridine rings is 2. The maximum Gasteiger partial charge on any atom is 1.00 e. The molecule has 1 unspecified atom stereocenters. The van der Waals surface area contributed by atoms with E-state index >= 15 is 0 Å². The van der Waals surface area contributed by atoms with Crippen LogP contribution >= 0.6 is 0 Å². The summed E-state index contributed by atoms with van der Waals surface area (Å²) in [6.07, 6.45) is 1.65. The molecule has 0 saturated heterocycles. The molecular weight excluding hydrogens is 387 g/mol. The zero-order valence-corrected chi connectivity index (χ0v) is 20.0. The second-order valence-corrected chi connectivity index (χ2v) is 8.17. The van der Waals surface area contributed by atoms with Gasteiger partial charge in [0.1, 0.15) is 5.75 Å². The zero-order chi connectivity index (χ0) is 19.6. The minimum Gasteiger partial charge on any atom is -1.00 e. The molecular formula is C19H25N4NaO3S. The molecule has 28 heavy (non-hydrogen) atoms. The summed E-state index contributed by atoms with van der Waals surface area (Å²) in [4.78, 5) is 16.3. The number of aromatic nitrogens is 4. The van der Waals surface area contributed by atoms with E-state index in [1.807, 2.05) is 19.9 Å². The average Bonchev–Trinajstić information content (AvgIpc) is 3.04. The van der Waals surface area contributed by atoms with Crippen LogP contribution in [0.15, 0.2) is 23.5 Å². The summed E-state index contributed by atoms with van der Waals surface area (Å²) >= 11 is 0. The molecule has 0 aliphatic heterocycles. The molecule has 0 spiro atoms. The van der Waals surface area contributed by atoms with Gasteiger partial charge in [-0.25, -0.2) is 4.98 Å². The summed E-state index contributed by atoms with van der Waals surface area (Å²) in [5.41, 5.74) is 3.75. The number of methoxy groups -OCH3 is 1. The van der Waals surface area contributed by atoms with Gasteiger partial charge in [-0.15, -0.1) is 0 Å². The van der Waals surface area contributed by atoms with E-state index in [4.69, 9.17) is 9.47 Å². The number of aryl methyl sites for hydroxylation is 1. The number of H-pyrrole nitrogens is 1. The van der Waals surface area contributed by atoms with Crippen LogP contribution in [0, 0.1) is 19.8 Å². The molecule has 0 saturated carbocycles. The van der Waals surface area contributed by atoms with Crippen molar-refractivity contribution in [2.45, 2.75) is 38.6 Å². The van der Waals surface area contributed by atoms with Crippen molar-refractivity contribution in [3.63, 3.8) is 0 Å². The Labute approximate surface area is 190 Å². The normalized spacial score (nSPS) is 12.1. The molecule has 9 heteroatoms. The first-order chi connectivity index (χ1) is 12.9. The van der Waals surface area contributed by atoms with Crippen molar-refractivity contribution in [1.29, 1.82) is 0 Å². The average molecular weight is 412 g/mol. The summed E-state index contributed by atoms with van der Waals surface area (Å²) in [7, 11) is 0.229. The largest absolute Gasteiger partial charge is 1.00 e. The van der Waals surface area contributed by atoms with Crippen LogP contribution < -0.4 is 39.0 Å². The Kier molecular flexibility index (Phi) is 8.00. The number of rotatable bonds is 7. The van der Waals surface area contributed by atoms with Crippen LogP contribution in [-0.2, 0) is 16.6 Å². The number of hydrogen-bond acceptors (Lipinski definition) is 6. The Morgan fingerprint density at radius 2 is 2.04 bits per heavy atom. The van der Waals surface area contributed by atoms with Gasteiger partial charge >= 0.3 is 29.6 Å². The number of aromatic amines is 1. The maximum atomic E-state index is 12.8. The van der Waals surface area contributed by atoms with Crippen LogP contribution in [0.1, 0.15) is 32.1 Å². The molecule has 0 aliphatic carbocycles. The number of nitrogens with one attached hydrogen (secondary N) is 1. The van der Waals surface area contributed by atoms with Gasteiger partial charge in [-0.05, 0) is 31.9 Å². The predicted molar refractivity (Wildman–Crippen MR) is 106 cm³/mol. The van der Waals surface area contributed by atoms with E-state index in [9.17, 15) is 4.21 Å². The van der Waals surface area contributed by atoms with E-state index < -0.39 is 10.8 Å². The first kappa shape index (κ1) is 22.8. The van der Waals surface area contributed by atoms with E-state index in [1.54, 1.807) is 19.4 Å². The van der Waals surface area contributed by atoms with E-state index in [2.05, 4.69) is 33.8 Å². The Morgan fingerprint density at radius 3 is 2.71 bits per heavy atom. The first-order valence-corrected chi connectivity index (χ1v) is 10.1. The van der Waals surface area contributed by atoms with Crippen molar-refractivity contribution in [1.82, 2.24) is 19.9 Å². The standard InChI is InChI=1S/C19H24N4O3S.Na.H/c1-11(2)9-26-18-12(3)8-14-17(22-18)23-19(21-14)27(24)10-15-13(4)16(25-5)6-7-20-15;;/h6-8,11H,9-10H2,1-5H3,(H,21,22,23);;/q;+1;-1. The summed E-state index contributed by atoms with van der Waals surface area (Å²) in [6.45, 7) is 8.59. The molecule has 0 amide bonds. The number of imidazole rings is 1. The van der Waals surface area contributed by atoms with E-state index in [-0.39, 0.29) is 36.7 Å². The van der Waals surface area contributed by atoms with Crippen LogP contribution in [0.2, 0.25) is 0 Å². The first-order valence-electron chi connectivity index (χ1n) is 8.76. The second-order valence-electron chi connectivity index (χ2n) is 6.80. The van der Waals surface area contributed by atoms with Gasteiger partial charge in [-0.3, -0.25) is 9.19 Å². The predicted octanol–water partition coefficient (Wildman–Crippen LogP) is 0.437. The zero-order valence-electron chi connectivity index (χ0n) is 18.2. The number of nitrogens with zero attached hydrogens (tertiary/aromatic N) is 3. The van der Waals surface area contributed by atoms with Crippen molar-refractivity contribution >= 4 is 22.0 Å². The van der Waals surface area contributed by atoms with Gasteiger partial charge < -0.3 is 15.9 Å². The van der Waals surface area contributed by atoms with Gasteiger partial charge in [0.25, 0.3) is 0 Å². The molecule has 3 aromatic heterocycles. The summed E-state index contributed by atoms with van der Waals surface area (Å²) in [6, 6.07) is 3.70. The van der Waals surface area contributed by atoms with Gasteiger partial charge in [0.05, 0.1) is 41.5 Å². The Balaban J connectivity index is 0.00000210. The summed E-state index contributed by atoms with van der Waals surface area (Å²) in [5.74, 6) is 1.94. The van der Waals surface area contributed by atoms with Crippen LogP contribution in [0.25, 0.3) is 11.2 Å². The summed E-state index contributed by atoms with van der Waals surface area (Å²) in [5, 5.41) is 0.377. The molecule has 3 rings (SSSR count). The van der Waals surface area contributed by atoms with Gasteiger partial charge in [0.2, 0.25) is 5.88 Å². The third kappa shape index (κ3) is 5.11. The minimum atomic E-state index is -1.38. The number of ether oxygens (including phenoxy) is 2. The Hall–Kier alpha value is -1.48. The monoisotopic (exact) mass is 412 g/mol. The molecule has 0 aliphatic rings. The number of fused-ring (bicyclic) bond motifs is 1. The van der Waals surface area contributed by atoms with E-state index in [0.717, 1.165) is 28.1 Å². The molecule has 1 atom stereocenters. The van der Waals surface area contributed by atoms with Crippen molar-refractivity contribution < 1.29 is 44.7 Å². The molecule has 7 nitrogen and oxygen atoms in total. The van der Waals surface area contributed by atoms with Crippen molar-refractivity contribution in [2.75, 3.05) is 13.7 Å². The third-order valence-corrected chi connectivity index (χ3v) is 5.27. The molecule has 3 aromatic rings. The van der Waals surface area contributed by atoms with Crippen molar-refractivity contribution in [3.8, 4) is 11.6 Å². The van der Waals surface area contributed by atoms with Crippen LogP contribution in [0.3, 0.4) is 0 Å². The van der Waals surface area contributed by atoms with Gasteiger partial charge in [-0.1, -0.05) is 13.8 Å². The SMILES string of the molecule is COc1ccnc(CS(=O)c2nc3nc(OCC(C)C)c(C)cc3[nH]2)c1C.[H-].[Na+]. The summed E-state index contributed by atoms with van der Waals surface area (Å²) < 4.78 is 23.8. The number of hydrogen-bond donors (Lipinski definition) is 1. The second kappa shape index (κ2) is 9.82.